The number of phosphoric ester groups is 2. The van der Waals surface area contributed by atoms with Crippen LogP contribution < -0.4 is 0 Å². The topological polar surface area (TPSA) is 237 Å². The maximum absolute atomic E-state index is 13.1. The van der Waals surface area contributed by atoms with Crippen molar-refractivity contribution < 1.29 is 80.2 Å². The van der Waals surface area contributed by atoms with Crippen molar-refractivity contribution >= 4 is 39.5 Å². The molecule has 600 valence electrons. The Morgan fingerprint density at radius 2 is 0.455 bits per heavy atom. The van der Waals surface area contributed by atoms with Crippen molar-refractivity contribution in [1.82, 2.24) is 0 Å². The normalized spacial score (nSPS) is 13.9. The van der Waals surface area contributed by atoms with Crippen LogP contribution in [-0.4, -0.2) is 96.7 Å². The first-order valence-electron chi connectivity index (χ1n) is 42.5. The average molecular weight is 1480 g/mol. The van der Waals surface area contributed by atoms with Crippen molar-refractivity contribution in [3.8, 4) is 0 Å². The average Bonchev–Trinajstić information content (AvgIpc) is 0.958. The summed E-state index contributed by atoms with van der Waals surface area (Å²) in [5.41, 5.74) is 0. The Morgan fingerprint density at radius 1 is 0.267 bits per heavy atom. The highest BCUT2D eigenvalue weighted by Crippen LogP contribution is 2.45. The summed E-state index contributed by atoms with van der Waals surface area (Å²) in [5.74, 6) is -0.546. The molecule has 0 saturated heterocycles. The number of phosphoric acid groups is 2. The Morgan fingerprint density at radius 3 is 0.673 bits per heavy atom. The van der Waals surface area contributed by atoms with Gasteiger partial charge < -0.3 is 33.8 Å². The molecule has 0 rings (SSSR count). The van der Waals surface area contributed by atoms with Gasteiger partial charge in [-0.3, -0.25) is 37.3 Å². The standard InChI is InChI=1S/C82H160O17P2/c1-7-9-11-13-14-15-16-17-18-19-20-21-22-23-28-31-34-37-43-48-54-60-66-82(87)99-78(71-93-80(85)65-59-53-47-42-36-33-30-27-25-24-26-29-32-35-40-45-51-56-62-74(3)4)73-97-101(90,91)95-69-76(83)68-94-100(88,89)96-72-77(70-92-79(84)64-58-50-12-10-8-2)98-81(86)67-61-55-49-44-39-38-41-46-52-57-63-75(5)6/h74-78,83H,7-73H2,1-6H3,(H,88,89)(H,90,91)/t76-,77+,78+/m0/s1. The van der Waals surface area contributed by atoms with Gasteiger partial charge in [0.25, 0.3) is 0 Å². The lowest BCUT2D eigenvalue weighted by atomic mass is 10.0. The number of ether oxygens (including phenoxy) is 4. The largest absolute Gasteiger partial charge is 0.472 e. The fraction of sp³-hybridized carbons (Fsp3) is 0.951. The summed E-state index contributed by atoms with van der Waals surface area (Å²) < 4.78 is 68.5. The van der Waals surface area contributed by atoms with Gasteiger partial charge in [-0.05, 0) is 37.5 Å². The van der Waals surface area contributed by atoms with E-state index in [0.29, 0.717) is 25.7 Å². The number of unbranched alkanes of at least 4 members (excludes halogenated alkanes) is 51. The monoisotopic (exact) mass is 1480 g/mol. The number of hydrogen-bond donors (Lipinski definition) is 3. The molecule has 0 bridgehead atoms. The van der Waals surface area contributed by atoms with Gasteiger partial charge in [0.2, 0.25) is 0 Å². The minimum atomic E-state index is -4.96. The maximum Gasteiger partial charge on any atom is 0.472 e. The summed E-state index contributed by atoms with van der Waals surface area (Å²) in [6.07, 6.45) is 64.6. The molecule has 3 N–H and O–H groups in total. The summed E-state index contributed by atoms with van der Waals surface area (Å²) in [6, 6.07) is 0. The van der Waals surface area contributed by atoms with Crippen molar-refractivity contribution in [2.75, 3.05) is 39.6 Å². The highest BCUT2D eigenvalue weighted by atomic mass is 31.2. The van der Waals surface area contributed by atoms with Crippen LogP contribution in [0.25, 0.3) is 0 Å². The van der Waals surface area contributed by atoms with Crippen molar-refractivity contribution in [3.05, 3.63) is 0 Å². The second-order valence-electron chi connectivity index (χ2n) is 30.5. The number of rotatable bonds is 81. The number of esters is 4. The molecule has 5 atom stereocenters. The van der Waals surface area contributed by atoms with E-state index in [-0.39, 0.29) is 25.7 Å². The van der Waals surface area contributed by atoms with E-state index in [1.165, 1.54) is 244 Å². The summed E-state index contributed by atoms with van der Waals surface area (Å²) >= 11 is 0. The van der Waals surface area contributed by atoms with Crippen LogP contribution >= 0.6 is 15.6 Å². The summed E-state index contributed by atoms with van der Waals surface area (Å²) in [4.78, 5) is 72.7. The Kier molecular flexibility index (Phi) is 72.2. The highest BCUT2D eigenvalue weighted by Gasteiger charge is 2.30. The van der Waals surface area contributed by atoms with Gasteiger partial charge in [0, 0.05) is 25.7 Å². The number of hydrogen-bond acceptors (Lipinski definition) is 15. The van der Waals surface area contributed by atoms with E-state index in [0.717, 1.165) is 108 Å². The molecular weight excluding hydrogens is 1320 g/mol. The molecular formula is C82H160O17P2. The molecule has 19 heteroatoms. The van der Waals surface area contributed by atoms with E-state index in [1.807, 2.05) is 0 Å². The van der Waals surface area contributed by atoms with Gasteiger partial charge in [0.05, 0.1) is 26.4 Å². The molecule has 0 heterocycles. The Hall–Kier alpha value is -1.94. The first-order chi connectivity index (χ1) is 48.9. The molecule has 0 aliphatic rings. The van der Waals surface area contributed by atoms with E-state index in [9.17, 15) is 43.2 Å². The maximum atomic E-state index is 13.1. The molecule has 0 fully saturated rings. The van der Waals surface area contributed by atoms with Gasteiger partial charge in [0.1, 0.15) is 19.3 Å². The molecule has 2 unspecified atom stereocenters. The predicted octanol–water partition coefficient (Wildman–Crippen LogP) is 24.7. The zero-order valence-corrected chi connectivity index (χ0v) is 68.0. The quantitative estimate of drug-likeness (QED) is 0.0222. The third kappa shape index (κ3) is 76.1. The second kappa shape index (κ2) is 73.6. The van der Waals surface area contributed by atoms with Crippen LogP contribution in [0, 0.1) is 11.8 Å². The number of aliphatic hydroxyl groups is 1. The van der Waals surface area contributed by atoms with E-state index < -0.39 is 97.5 Å². The summed E-state index contributed by atoms with van der Waals surface area (Å²) in [5, 5.41) is 10.6. The van der Waals surface area contributed by atoms with Crippen LogP contribution in [0.3, 0.4) is 0 Å². The molecule has 0 aliphatic heterocycles. The first-order valence-corrected chi connectivity index (χ1v) is 45.5. The zero-order chi connectivity index (χ0) is 74.2. The molecule has 17 nitrogen and oxygen atoms in total. The lowest BCUT2D eigenvalue weighted by molar-refractivity contribution is -0.161. The lowest BCUT2D eigenvalue weighted by Gasteiger charge is -2.21. The number of aliphatic hydroxyl groups excluding tert-OH is 1. The van der Waals surface area contributed by atoms with Gasteiger partial charge in [-0.2, -0.15) is 0 Å². The molecule has 0 radical (unpaired) electrons. The second-order valence-corrected chi connectivity index (χ2v) is 33.4. The van der Waals surface area contributed by atoms with E-state index >= 15 is 0 Å². The minimum absolute atomic E-state index is 0.105. The van der Waals surface area contributed by atoms with Crippen molar-refractivity contribution in [2.45, 2.75) is 452 Å². The zero-order valence-electron chi connectivity index (χ0n) is 66.2. The lowest BCUT2D eigenvalue weighted by Crippen LogP contribution is -2.30. The number of carbonyl (C=O) groups is 4. The summed E-state index contributed by atoms with van der Waals surface area (Å²) in [7, 11) is -9.91. The molecule has 0 aromatic rings. The third-order valence-corrected chi connectivity index (χ3v) is 21.1. The Bertz CT molecular complexity index is 1940. The van der Waals surface area contributed by atoms with Crippen LogP contribution in [0.1, 0.15) is 433 Å². The Balaban J connectivity index is 5.10. The SMILES string of the molecule is CCCCCCCCCCCCCCCCCCCCCCCCC(=O)O[C@H](COC(=O)CCCCCCCCCCCCCCCCCCCCC(C)C)COP(=O)(O)OC[C@@H](O)COP(=O)(O)OC[C@@H](COC(=O)CCCCCCC)OC(=O)CCCCCCCCCCCCC(C)C. The molecule has 0 aromatic carbocycles. The van der Waals surface area contributed by atoms with Crippen LogP contribution in [0.2, 0.25) is 0 Å². The molecule has 101 heavy (non-hydrogen) atoms. The molecule has 0 aliphatic carbocycles. The van der Waals surface area contributed by atoms with Gasteiger partial charge in [-0.1, -0.05) is 382 Å². The van der Waals surface area contributed by atoms with Crippen LogP contribution in [0.15, 0.2) is 0 Å². The number of carbonyl (C=O) groups excluding carboxylic acids is 4. The Labute approximate surface area is 619 Å². The van der Waals surface area contributed by atoms with Crippen molar-refractivity contribution in [1.29, 1.82) is 0 Å². The highest BCUT2D eigenvalue weighted by molar-refractivity contribution is 7.47. The third-order valence-electron chi connectivity index (χ3n) is 19.2. The van der Waals surface area contributed by atoms with Gasteiger partial charge >= 0.3 is 39.5 Å². The molecule has 0 saturated carbocycles. The van der Waals surface area contributed by atoms with Gasteiger partial charge in [-0.15, -0.1) is 0 Å². The molecule has 0 amide bonds. The first kappa shape index (κ1) is 99.1. The van der Waals surface area contributed by atoms with E-state index in [2.05, 4.69) is 41.5 Å². The van der Waals surface area contributed by atoms with Crippen LogP contribution in [-0.2, 0) is 65.4 Å². The minimum Gasteiger partial charge on any atom is -0.462 e. The van der Waals surface area contributed by atoms with Gasteiger partial charge in [-0.25, -0.2) is 9.13 Å². The van der Waals surface area contributed by atoms with Crippen LogP contribution in [0.5, 0.6) is 0 Å². The molecule has 0 spiro atoms. The van der Waals surface area contributed by atoms with Crippen molar-refractivity contribution in [3.63, 3.8) is 0 Å². The van der Waals surface area contributed by atoms with E-state index in [1.54, 1.807) is 0 Å². The van der Waals surface area contributed by atoms with Crippen LogP contribution in [0.4, 0.5) is 0 Å². The fourth-order valence-corrected chi connectivity index (χ4v) is 14.3. The fourth-order valence-electron chi connectivity index (χ4n) is 12.7. The summed E-state index contributed by atoms with van der Waals surface area (Å²) in [6.45, 7) is 9.56. The van der Waals surface area contributed by atoms with E-state index in [4.69, 9.17) is 37.0 Å². The smallest absolute Gasteiger partial charge is 0.462 e. The predicted molar refractivity (Wildman–Crippen MR) is 414 cm³/mol. The van der Waals surface area contributed by atoms with Gasteiger partial charge in [0.15, 0.2) is 12.2 Å². The molecule has 0 aromatic heterocycles. The van der Waals surface area contributed by atoms with Crippen molar-refractivity contribution in [2.24, 2.45) is 11.8 Å².